The van der Waals surface area contributed by atoms with E-state index in [1.807, 2.05) is 60.7 Å². The summed E-state index contributed by atoms with van der Waals surface area (Å²) >= 11 is 0. The molecule has 0 fully saturated rings. The minimum Gasteiger partial charge on any atom is -0.480 e. The lowest BCUT2D eigenvalue weighted by Crippen LogP contribution is -2.44. The third-order valence-corrected chi connectivity index (χ3v) is 4.31. The van der Waals surface area contributed by atoms with Gasteiger partial charge in [0, 0.05) is 6.54 Å². The molecule has 0 bridgehead atoms. The number of carboxylic acid groups (broad SMARTS) is 1. The van der Waals surface area contributed by atoms with Gasteiger partial charge in [0.2, 0.25) is 5.91 Å². The van der Waals surface area contributed by atoms with Gasteiger partial charge in [0.15, 0.2) is 5.03 Å². The summed E-state index contributed by atoms with van der Waals surface area (Å²) < 4.78 is 0. The third-order valence-electron chi connectivity index (χ3n) is 4.31. The number of benzene rings is 2. The number of hydrazone groups is 1. The molecule has 0 heterocycles. The first-order chi connectivity index (χ1) is 14.4. The number of nitrogens with zero attached hydrogens (tertiary/aromatic N) is 2. The quantitative estimate of drug-likeness (QED) is 0.150. The number of hydrogen-bond donors (Lipinski definition) is 4. The molecule has 10 heteroatoms. The Morgan fingerprint density at radius 1 is 1.07 bits per heavy atom. The molecule has 10 nitrogen and oxygen atoms in total. The van der Waals surface area contributed by atoms with E-state index in [1.165, 1.54) is 0 Å². The Hall–Kier alpha value is -3.95. The summed E-state index contributed by atoms with van der Waals surface area (Å²) in [7, 11) is 0. The predicted octanol–water partition coefficient (Wildman–Crippen LogP) is 1.26. The summed E-state index contributed by atoms with van der Waals surface area (Å²) in [4.78, 5) is 34.9. The number of carbonyl (C=O) groups is 2. The second kappa shape index (κ2) is 11.1. The second-order valence-corrected chi connectivity index (χ2v) is 6.45. The number of carboxylic acids is 1. The number of nitrogens with two attached hydrogens (primary N) is 1. The average molecular weight is 413 g/mol. The maximum absolute atomic E-state index is 13.0. The van der Waals surface area contributed by atoms with Crippen LogP contribution in [0.4, 0.5) is 0 Å². The van der Waals surface area contributed by atoms with E-state index in [0.717, 1.165) is 11.1 Å². The van der Waals surface area contributed by atoms with E-state index in [1.54, 1.807) is 0 Å². The highest BCUT2D eigenvalue weighted by Crippen LogP contribution is 2.25. The molecular weight excluding hydrogens is 390 g/mol. The van der Waals surface area contributed by atoms with E-state index in [-0.39, 0.29) is 18.9 Å². The van der Waals surface area contributed by atoms with Crippen LogP contribution >= 0.6 is 0 Å². The van der Waals surface area contributed by atoms with Gasteiger partial charge in [-0.15, -0.1) is 0 Å². The Labute approximate surface area is 172 Å². The molecule has 2 aromatic carbocycles. The number of rotatable bonds is 10. The van der Waals surface area contributed by atoms with Gasteiger partial charge in [-0.2, -0.15) is 0 Å². The van der Waals surface area contributed by atoms with Gasteiger partial charge in [0.1, 0.15) is 11.1 Å². The normalized spacial score (nSPS) is 12.2. The fourth-order valence-electron chi connectivity index (χ4n) is 2.94. The molecule has 2 aromatic rings. The minimum absolute atomic E-state index is 0.107. The van der Waals surface area contributed by atoms with Gasteiger partial charge in [-0.25, -0.2) is 14.9 Å². The van der Waals surface area contributed by atoms with Crippen molar-refractivity contribution in [1.82, 2.24) is 10.6 Å². The van der Waals surface area contributed by atoms with Crippen LogP contribution in [0.1, 0.15) is 29.9 Å². The molecule has 158 valence electrons. The molecule has 0 radical (unpaired) electrons. The lowest BCUT2D eigenvalue weighted by molar-refractivity contribution is -0.485. The molecule has 0 saturated carbocycles. The van der Waals surface area contributed by atoms with Crippen LogP contribution < -0.4 is 16.4 Å². The summed E-state index contributed by atoms with van der Waals surface area (Å²) in [6.45, 7) is 0.170. The molecule has 1 atom stereocenters. The van der Waals surface area contributed by atoms with Crippen molar-refractivity contribution in [3.8, 4) is 0 Å². The number of nitro groups is 1. The third kappa shape index (κ3) is 6.89. The molecule has 0 aliphatic rings. The zero-order valence-corrected chi connectivity index (χ0v) is 16.1. The molecule has 0 aliphatic carbocycles. The SMILES string of the molecule is N/C(=N/[N+](=O)[O-])NCCC[C@@H](NC(=O)C(c1ccccc1)c1ccccc1)C(=O)O. The molecule has 0 saturated heterocycles. The number of nitrogens with one attached hydrogen (secondary N) is 2. The number of hydrogen-bond acceptors (Lipinski definition) is 4. The molecule has 30 heavy (non-hydrogen) atoms. The van der Waals surface area contributed by atoms with Crippen molar-refractivity contribution in [3.63, 3.8) is 0 Å². The van der Waals surface area contributed by atoms with Gasteiger partial charge in [-0.1, -0.05) is 60.7 Å². The summed E-state index contributed by atoms with van der Waals surface area (Å²) in [5.41, 5.74) is 6.80. The van der Waals surface area contributed by atoms with Gasteiger partial charge < -0.3 is 21.5 Å². The molecule has 0 aromatic heterocycles. The Kier molecular flexibility index (Phi) is 8.30. The van der Waals surface area contributed by atoms with Crippen LogP contribution in [0.3, 0.4) is 0 Å². The first kappa shape index (κ1) is 22.3. The van der Waals surface area contributed by atoms with Crippen molar-refractivity contribution < 1.29 is 19.7 Å². The van der Waals surface area contributed by atoms with Gasteiger partial charge >= 0.3 is 5.97 Å². The van der Waals surface area contributed by atoms with Crippen molar-refractivity contribution in [2.75, 3.05) is 6.54 Å². The van der Waals surface area contributed by atoms with Crippen LogP contribution in [0, 0.1) is 10.1 Å². The van der Waals surface area contributed by atoms with E-state index in [4.69, 9.17) is 5.73 Å². The zero-order chi connectivity index (χ0) is 21.9. The molecule has 5 N–H and O–H groups in total. The first-order valence-corrected chi connectivity index (χ1v) is 9.24. The number of aliphatic carboxylic acids is 1. The van der Waals surface area contributed by atoms with Crippen LogP contribution in [-0.2, 0) is 9.59 Å². The Morgan fingerprint density at radius 2 is 1.60 bits per heavy atom. The monoisotopic (exact) mass is 413 g/mol. The number of carbonyl (C=O) groups excluding carboxylic acids is 1. The van der Waals surface area contributed by atoms with Crippen LogP contribution in [0.5, 0.6) is 0 Å². The van der Waals surface area contributed by atoms with Crippen molar-refractivity contribution in [2.24, 2.45) is 10.8 Å². The van der Waals surface area contributed by atoms with E-state index >= 15 is 0 Å². The van der Waals surface area contributed by atoms with Crippen LogP contribution in [0.2, 0.25) is 0 Å². The topological polar surface area (TPSA) is 160 Å². The fraction of sp³-hybridized carbons (Fsp3) is 0.250. The van der Waals surface area contributed by atoms with Gasteiger partial charge in [-0.05, 0) is 24.0 Å². The molecular formula is C20H23N5O5. The Balaban J connectivity index is 2.06. The van der Waals surface area contributed by atoms with Gasteiger partial charge in [0.25, 0.3) is 5.96 Å². The lowest BCUT2D eigenvalue weighted by Gasteiger charge is -2.21. The summed E-state index contributed by atoms with van der Waals surface area (Å²) in [5, 5.41) is 26.8. The fourth-order valence-corrected chi connectivity index (χ4v) is 2.94. The highest BCUT2D eigenvalue weighted by atomic mass is 16.7. The van der Waals surface area contributed by atoms with E-state index in [0.29, 0.717) is 6.42 Å². The van der Waals surface area contributed by atoms with E-state index in [9.17, 15) is 24.8 Å². The van der Waals surface area contributed by atoms with Gasteiger partial charge in [-0.3, -0.25) is 4.79 Å². The molecule has 0 spiro atoms. The second-order valence-electron chi connectivity index (χ2n) is 6.45. The molecule has 0 aliphatic heterocycles. The summed E-state index contributed by atoms with van der Waals surface area (Å²) in [5.74, 6) is -2.63. The highest BCUT2D eigenvalue weighted by molar-refractivity contribution is 5.90. The smallest absolute Gasteiger partial charge is 0.326 e. The van der Waals surface area contributed by atoms with Crippen LogP contribution in [-0.4, -0.2) is 40.6 Å². The maximum atomic E-state index is 13.0. The van der Waals surface area contributed by atoms with Crippen LogP contribution in [0.15, 0.2) is 65.8 Å². The van der Waals surface area contributed by atoms with Crippen molar-refractivity contribution in [2.45, 2.75) is 24.8 Å². The Bertz CT molecular complexity index is 849. The van der Waals surface area contributed by atoms with Crippen molar-refractivity contribution in [1.29, 1.82) is 0 Å². The van der Waals surface area contributed by atoms with E-state index < -0.39 is 28.9 Å². The maximum Gasteiger partial charge on any atom is 0.326 e. The zero-order valence-electron chi connectivity index (χ0n) is 16.1. The average Bonchev–Trinajstić information content (AvgIpc) is 2.71. The molecule has 0 unspecified atom stereocenters. The van der Waals surface area contributed by atoms with E-state index in [2.05, 4.69) is 15.7 Å². The number of guanidine groups is 1. The largest absolute Gasteiger partial charge is 0.480 e. The van der Waals surface area contributed by atoms with Gasteiger partial charge in [0.05, 0.1) is 5.92 Å². The first-order valence-electron chi connectivity index (χ1n) is 9.24. The standard InChI is InChI=1S/C20H23N5O5/c21-20(24-25(29)30)22-13-7-12-16(19(27)28)23-18(26)17(14-8-3-1-4-9-14)15-10-5-2-6-11-15/h1-6,8-11,16-17H,7,12-13H2,(H,23,26)(H,27,28)(H3,21,22,24)/t16-/m1/s1. The van der Waals surface area contributed by atoms with Crippen molar-refractivity contribution >= 4 is 17.8 Å². The predicted molar refractivity (Wildman–Crippen MR) is 110 cm³/mol. The van der Waals surface area contributed by atoms with Crippen LogP contribution in [0.25, 0.3) is 0 Å². The summed E-state index contributed by atoms with van der Waals surface area (Å²) in [6, 6.07) is 17.1. The number of amides is 1. The minimum atomic E-state index is -1.17. The Morgan fingerprint density at radius 3 is 2.07 bits per heavy atom. The summed E-state index contributed by atoms with van der Waals surface area (Å²) in [6.07, 6.45) is 0.405. The molecule has 2 rings (SSSR count). The van der Waals surface area contributed by atoms with Crippen molar-refractivity contribution in [3.05, 3.63) is 81.9 Å². The molecule has 1 amide bonds. The lowest BCUT2D eigenvalue weighted by atomic mass is 9.90. The highest BCUT2D eigenvalue weighted by Gasteiger charge is 2.27.